The Hall–Kier alpha value is -2.51. The highest BCUT2D eigenvalue weighted by Gasteiger charge is 2.11. The first-order chi connectivity index (χ1) is 12.2. The molecule has 0 radical (unpaired) electrons. The SMILES string of the molecule is CNC(C)Cc1noc(-c2ccc(CNC(=O)c3cccs3)cc2)n1. The van der Waals surface area contributed by atoms with Crippen molar-refractivity contribution in [3.8, 4) is 11.5 Å². The number of aromatic nitrogens is 2. The fraction of sp³-hybridized carbons (Fsp3) is 0.278. The van der Waals surface area contributed by atoms with Crippen LogP contribution in [0.1, 0.15) is 28.0 Å². The Morgan fingerprint density at radius 2 is 2.08 bits per heavy atom. The number of hydrogen-bond donors (Lipinski definition) is 2. The molecule has 0 fully saturated rings. The summed E-state index contributed by atoms with van der Waals surface area (Å²) in [4.78, 5) is 17.1. The monoisotopic (exact) mass is 356 g/mol. The van der Waals surface area contributed by atoms with Crippen LogP contribution in [0.5, 0.6) is 0 Å². The van der Waals surface area contributed by atoms with Crippen LogP contribution >= 0.6 is 11.3 Å². The molecule has 0 bridgehead atoms. The lowest BCUT2D eigenvalue weighted by molar-refractivity contribution is 0.0955. The van der Waals surface area contributed by atoms with Crippen molar-refractivity contribution in [2.45, 2.75) is 25.9 Å². The average Bonchev–Trinajstić information content (AvgIpc) is 3.32. The van der Waals surface area contributed by atoms with Crippen molar-refractivity contribution < 1.29 is 9.32 Å². The fourth-order valence-electron chi connectivity index (χ4n) is 2.27. The van der Waals surface area contributed by atoms with E-state index in [0.29, 0.717) is 35.6 Å². The number of thiophene rings is 1. The predicted octanol–water partition coefficient (Wildman–Crippen LogP) is 2.88. The van der Waals surface area contributed by atoms with Gasteiger partial charge >= 0.3 is 0 Å². The number of rotatable bonds is 7. The summed E-state index contributed by atoms with van der Waals surface area (Å²) in [6, 6.07) is 11.7. The third kappa shape index (κ3) is 4.52. The van der Waals surface area contributed by atoms with E-state index in [1.54, 1.807) is 0 Å². The van der Waals surface area contributed by atoms with Gasteiger partial charge < -0.3 is 15.2 Å². The molecule has 1 aromatic carbocycles. The maximum atomic E-state index is 11.9. The molecule has 1 unspecified atom stereocenters. The number of nitrogens with one attached hydrogen (secondary N) is 2. The Morgan fingerprint density at radius 3 is 2.76 bits per heavy atom. The summed E-state index contributed by atoms with van der Waals surface area (Å²) in [5, 5.41) is 12.0. The van der Waals surface area contributed by atoms with Crippen molar-refractivity contribution in [3.05, 3.63) is 58.0 Å². The molecule has 6 nitrogen and oxygen atoms in total. The van der Waals surface area contributed by atoms with Crippen LogP contribution in [0.3, 0.4) is 0 Å². The molecule has 7 heteroatoms. The molecule has 0 aliphatic rings. The van der Waals surface area contributed by atoms with Crippen LogP contribution in [-0.4, -0.2) is 29.1 Å². The minimum absolute atomic E-state index is 0.0562. The van der Waals surface area contributed by atoms with E-state index in [-0.39, 0.29) is 5.91 Å². The quantitative estimate of drug-likeness (QED) is 0.680. The van der Waals surface area contributed by atoms with Crippen LogP contribution in [0.4, 0.5) is 0 Å². The summed E-state index contributed by atoms with van der Waals surface area (Å²) in [7, 11) is 1.90. The molecule has 3 rings (SSSR count). The normalized spacial score (nSPS) is 12.1. The second-order valence-electron chi connectivity index (χ2n) is 5.77. The average molecular weight is 356 g/mol. The van der Waals surface area contributed by atoms with Gasteiger partial charge in [0.25, 0.3) is 11.8 Å². The van der Waals surface area contributed by atoms with E-state index in [2.05, 4.69) is 27.7 Å². The van der Waals surface area contributed by atoms with Gasteiger partial charge in [-0.05, 0) is 43.1 Å². The lowest BCUT2D eigenvalue weighted by Crippen LogP contribution is -2.24. The van der Waals surface area contributed by atoms with E-state index in [4.69, 9.17) is 4.52 Å². The second kappa shape index (κ2) is 8.04. The molecule has 25 heavy (non-hydrogen) atoms. The van der Waals surface area contributed by atoms with E-state index in [0.717, 1.165) is 11.1 Å². The fourth-order valence-corrected chi connectivity index (χ4v) is 2.91. The number of nitrogens with zero attached hydrogens (tertiary/aromatic N) is 2. The molecule has 1 atom stereocenters. The van der Waals surface area contributed by atoms with E-state index < -0.39 is 0 Å². The molecule has 2 N–H and O–H groups in total. The molecule has 2 aromatic heterocycles. The number of benzene rings is 1. The molecule has 0 aliphatic heterocycles. The third-order valence-corrected chi connectivity index (χ3v) is 4.72. The number of likely N-dealkylation sites (N-methyl/N-ethyl adjacent to an activating group) is 1. The Morgan fingerprint density at radius 1 is 1.28 bits per heavy atom. The second-order valence-corrected chi connectivity index (χ2v) is 6.71. The first-order valence-electron chi connectivity index (χ1n) is 8.06. The first-order valence-corrected chi connectivity index (χ1v) is 8.94. The van der Waals surface area contributed by atoms with Crippen LogP contribution < -0.4 is 10.6 Å². The summed E-state index contributed by atoms with van der Waals surface area (Å²) in [5.74, 6) is 1.14. The Kier molecular flexibility index (Phi) is 5.57. The molecule has 0 spiro atoms. The number of amides is 1. The zero-order chi connectivity index (χ0) is 17.6. The van der Waals surface area contributed by atoms with Crippen molar-refractivity contribution in [1.29, 1.82) is 0 Å². The van der Waals surface area contributed by atoms with Gasteiger partial charge in [0, 0.05) is 24.6 Å². The van der Waals surface area contributed by atoms with E-state index in [9.17, 15) is 4.79 Å². The van der Waals surface area contributed by atoms with Gasteiger partial charge in [-0.1, -0.05) is 23.4 Å². The number of carbonyl (C=O) groups is 1. The predicted molar refractivity (Wildman–Crippen MR) is 97.4 cm³/mol. The minimum atomic E-state index is -0.0562. The Balaban J connectivity index is 1.59. The molecular formula is C18H20N4O2S. The van der Waals surface area contributed by atoms with Crippen LogP contribution in [0, 0.1) is 0 Å². The minimum Gasteiger partial charge on any atom is -0.347 e. The highest BCUT2D eigenvalue weighted by molar-refractivity contribution is 7.12. The topological polar surface area (TPSA) is 80.0 Å². The Labute approximate surface area is 150 Å². The summed E-state index contributed by atoms with van der Waals surface area (Å²) < 4.78 is 5.33. The lowest BCUT2D eigenvalue weighted by Gasteiger charge is -2.05. The van der Waals surface area contributed by atoms with E-state index in [1.807, 2.05) is 48.8 Å². The molecule has 0 saturated heterocycles. The van der Waals surface area contributed by atoms with Crippen molar-refractivity contribution in [2.75, 3.05) is 7.05 Å². The van der Waals surface area contributed by atoms with Crippen LogP contribution in [0.15, 0.2) is 46.3 Å². The zero-order valence-electron chi connectivity index (χ0n) is 14.2. The molecule has 1 amide bonds. The highest BCUT2D eigenvalue weighted by Crippen LogP contribution is 2.18. The van der Waals surface area contributed by atoms with Crippen molar-refractivity contribution in [3.63, 3.8) is 0 Å². The van der Waals surface area contributed by atoms with Crippen LogP contribution in [0.2, 0.25) is 0 Å². The van der Waals surface area contributed by atoms with Gasteiger partial charge in [-0.3, -0.25) is 4.79 Å². The van der Waals surface area contributed by atoms with Crippen molar-refractivity contribution in [1.82, 2.24) is 20.8 Å². The van der Waals surface area contributed by atoms with Gasteiger partial charge in [-0.25, -0.2) is 0 Å². The maximum Gasteiger partial charge on any atom is 0.261 e. The highest BCUT2D eigenvalue weighted by atomic mass is 32.1. The molecule has 130 valence electrons. The molecule has 3 aromatic rings. The number of carbonyl (C=O) groups excluding carboxylic acids is 1. The molecule has 2 heterocycles. The van der Waals surface area contributed by atoms with Gasteiger partial charge in [0.1, 0.15) is 0 Å². The van der Waals surface area contributed by atoms with Gasteiger partial charge in [-0.15, -0.1) is 11.3 Å². The summed E-state index contributed by atoms with van der Waals surface area (Å²) in [6.45, 7) is 2.54. The largest absolute Gasteiger partial charge is 0.347 e. The summed E-state index contributed by atoms with van der Waals surface area (Å²) >= 11 is 1.43. The van der Waals surface area contributed by atoms with Crippen molar-refractivity contribution in [2.24, 2.45) is 0 Å². The molecule has 0 aliphatic carbocycles. The summed E-state index contributed by atoms with van der Waals surface area (Å²) in [5.41, 5.74) is 1.88. The van der Waals surface area contributed by atoms with Crippen molar-refractivity contribution >= 4 is 17.2 Å². The zero-order valence-corrected chi connectivity index (χ0v) is 15.0. The standard InChI is InChI=1S/C18H20N4O2S/c1-12(19-2)10-16-21-18(24-22-16)14-7-5-13(6-8-14)11-20-17(23)15-4-3-9-25-15/h3-9,12,19H,10-11H2,1-2H3,(H,20,23). The smallest absolute Gasteiger partial charge is 0.261 e. The first kappa shape index (κ1) is 17.3. The number of hydrogen-bond acceptors (Lipinski definition) is 6. The van der Waals surface area contributed by atoms with E-state index in [1.165, 1.54) is 11.3 Å². The maximum absolute atomic E-state index is 11.9. The third-order valence-electron chi connectivity index (χ3n) is 3.85. The van der Waals surface area contributed by atoms with Crippen LogP contribution in [-0.2, 0) is 13.0 Å². The Bertz CT molecular complexity index is 812. The molecular weight excluding hydrogens is 336 g/mol. The van der Waals surface area contributed by atoms with Gasteiger partial charge in [0.05, 0.1) is 4.88 Å². The van der Waals surface area contributed by atoms with Gasteiger partial charge in [0.15, 0.2) is 5.82 Å². The van der Waals surface area contributed by atoms with Gasteiger partial charge in [0.2, 0.25) is 0 Å². The summed E-state index contributed by atoms with van der Waals surface area (Å²) in [6.07, 6.45) is 0.715. The lowest BCUT2D eigenvalue weighted by atomic mass is 10.1. The van der Waals surface area contributed by atoms with E-state index >= 15 is 0 Å². The van der Waals surface area contributed by atoms with Gasteiger partial charge in [-0.2, -0.15) is 4.98 Å². The molecule has 0 saturated carbocycles. The van der Waals surface area contributed by atoms with Crippen LogP contribution in [0.25, 0.3) is 11.5 Å².